The number of aryl methyl sites for hydroxylation is 2. The number of benzene rings is 1. The molecule has 1 atom stereocenters. The van der Waals surface area contributed by atoms with Crippen LogP contribution in [0.3, 0.4) is 0 Å². The van der Waals surface area contributed by atoms with E-state index in [1.54, 1.807) is 0 Å². The molecule has 2 aromatic rings. The minimum Gasteiger partial charge on any atom is -0.377 e. The van der Waals surface area contributed by atoms with E-state index in [4.69, 9.17) is 0 Å². The van der Waals surface area contributed by atoms with Crippen LogP contribution >= 0.6 is 0 Å². The standard InChI is InChI=1S/C17H23N3/c1-12-6-7-15(10-13(12)2)14(3)19-16-8-9-17(18-11-16)20(4)5/h6-11,14,19H,1-5H3. The second-order valence-electron chi connectivity index (χ2n) is 5.51. The topological polar surface area (TPSA) is 28.2 Å². The fraction of sp³-hybridized carbons (Fsp3) is 0.353. The maximum Gasteiger partial charge on any atom is 0.128 e. The highest BCUT2D eigenvalue weighted by Crippen LogP contribution is 2.21. The normalized spacial score (nSPS) is 12.1. The number of hydrogen-bond donors (Lipinski definition) is 1. The zero-order valence-electron chi connectivity index (χ0n) is 12.9. The zero-order chi connectivity index (χ0) is 14.7. The average molecular weight is 269 g/mol. The molecule has 0 aliphatic rings. The zero-order valence-corrected chi connectivity index (χ0v) is 12.9. The van der Waals surface area contributed by atoms with Crippen molar-refractivity contribution in [1.29, 1.82) is 0 Å². The monoisotopic (exact) mass is 269 g/mol. The van der Waals surface area contributed by atoms with Gasteiger partial charge >= 0.3 is 0 Å². The molecule has 0 aliphatic carbocycles. The quantitative estimate of drug-likeness (QED) is 0.911. The Labute approximate surface area is 121 Å². The van der Waals surface area contributed by atoms with E-state index >= 15 is 0 Å². The van der Waals surface area contributed by atoms with E-state index in [9.17, 15) is 0 Å². The van der Waals surface area contributed by atoms with Gasteiger partial charge in [-0.2, -0.15) is 0 Å². The van der Waals surface area contributed by atoms with Crippen LogP contribution in [0.2, 0.25) is 0 Å². The second kappa shape index (κ2) is 5.95. The van der Waals surface area contributed by atoms with E-state index < -0.39 is 0 Å². The molecule has 0 fully saturated rings. The second-order valence-corrected chi connectivity index (χ2v) is 5.51. The molecular weight excluding hydrogens is 246 g/mol. The summed E-state index contributed by atoms with van der Waals surface area (Å²) in [7, 11) is 3.99. The SMILES string of the molecule is Cc1ccc(C(C)Nc2ccc(N(C)C)nc2)cc1C. The van der Waals surface area contributed by atoms with Gasteiger partial charge in [-0.3, -0.25) is 0 Å². The van der Waals surface area contributed by atoms with E-state index in [0.29, 0.717) is 0 Å². The smallest absolute Gasteiger partial charge is 0.128 e. The van der Waals surface area contributed by atoms with Gasteiger partial charge in [-0.05, 0) is 49.6 Å². The molecule has 0 radical (unpaired) electrons. The van der Waals surface area contributed by atoms with E-state index in [0.717, 1.165) is 11.5 Å². The number of nitrogens with one attached hydrogen (secondary N) is 1. The predicted octanol–water partition coefficient (Wildman–Crippen LogP) is 3.94. The molecule has 1 N–H and O–H groups in total. The molecule has 0 saturated carbocycles. The summed E-state index contributed by atoms with van der Waals surface area (Å²) in [4.78, 5) is 6.42. The first-order chi connectivity index (χ1) is 9.47. The first-order valence-corrected chi connectivity index (χ1v) is 6.94. The number of rotatable bonds is 4. The molecule has 1 aromatic carbocycles. The van der Waals surface area contributed by atoms with Gasteiger partial charge in [0.1, 0.15) is 5.82 Å². The molecule has 0 bridgehead atoms. The maximum atomic E-state index is 4.42. The Kier molecular flexibility index (Phi) is 4.28. The van der Waals surface area contributed by atoms with Crippen LogP contribution in [0.5, 0.6) is 0 Å². The Morgan fingerprint density at radius 2 is 1.80 bits per heavy atom. The van der Waals surface area contributed by atoms with Crippen molar-refractivity contribution in [3.05, 3.63) is 53.2 Å². The van der Waals surface area contributed by atoms with Crippen LogP contribution in [-0.2, 0) is 0 Å². The molecule has 0 saturated heterocycles. The number of pyridine rings is 1. The third-order valence-electron chi connectivity index (χ3n) is 3.62. The minimum absolute atomic E-state index is 0.265. The average Bonchev–Trinajstić information content (AvgIpc) is 2.42. The summed E-state index contributed by atoms with van der Waals surface area (Å²) in [5.74, 6) is 0.967. The summed E-state index contributed by atoms with van der Waals surface area (Å²) < 4.78 is 0. The van der Waals surface area contributed by atoms with Gasteiger partial charge in [-0.25, -0.2) is 4.98 Å². The van der Waals surface area contributed by atoms with Crippen LogP contribution in [0.15, 0.2) is 36.5 Å². The van der Waals surface area contributed by atoms with E-state index in [1.807, 2.05) is 31.3 Å². The van der Waals surface area contributed by atoms with Gasteiger partial charge in [0.05, 0.1) is 11.9 Å². The molecule has 3 nitrogen and oxygen atoms in total. The molecule has 3 heteroatoms. The highest BCUT2D eigenvalue weighted by Gasteiger charge is 2.07. The van der Waals surface area contributed by atoms with Gasteiger partial charge < -0.3 is 10.2 Å². The lowest BCUT2D eigenvalue weighted by Crippen LogP contribution is -2.11. The molecule has 0 amide bonds. The van der Waals surface area contributed by atoms with Crippen molar-refractivity contribution in [3.8, 4) is 0 Å². The van der Waals surface area contributed by atoms with Crippen molar-refractivity contribution in [2.75, 3.05) is 24.3 Å². The van der Waals surface area contributed by atoms with Crippen LogP contribution in [0.25, 0.3) is 0 Å². The summed E-state index contributed by atoms with van der Waals surface area (Å²) in [6.07, 6.45) is 1.88. The molecule has 106 valence electrons. The van der Waals surface area contributed by atoms with Crippen molar-refractivity contribution in [3.63, 3.8) is 0 Å². The molecule has 0 spiro atoms. The van der Waals surface area contributed by atoms with Gasteiger partial charge in [0.2, 0.25) is 0 Å². The summed E-state index contributed by atoms with van der Waals surface area (Å²) in [6, 6.07) is 11.0. The van der Waals surface area contributed by atoms with Crippen molar-refractivity contribution in [2.24, 2.45) is 0 Å². The first kappa shape index (κ1) is 14.4. The molecule has 2 rings (SSSR count). The van der Waals surface area contributed by atoms with Crippen molar-refractivity contribution < 1.29 is 0 Å². The Hall–Kier alpha value is -2.03. The van der Waals surface area contributed by atoms with Crippen molar-refractivity contribution in [1.82, 2.24) is 4.98 Å². The van der Waals surface area contributed by atoms with Gasteiger partial charge in [0.25, 0.3) is 0 Å². The van der Waals surface area contributed by atoms with Crippen LogP contribution < -0.4 is 10.2 Å². The van der Waals surface area contributed by atoms with Crippen LogP contribution in [0.1, 0.15) is 29.7 Å². The van der Waals surface area contributed by atoms with Gasteiger partial charge in [-0.15, -0.1) is 0 Å². The highest BCUT2D eigenvalue weighted by atomic mass is 15.1. The Balaban J connectivity index is 2.10. The highest BCUT2D eigenvalue weighted by molar-refractivity contribution is 5.49. The van der Waals surface area contributed by atoms with Crippen molar-refractivity contribution >= 4 is 11.5 Å². The van der Waals surface area contributed by atoms with E-state index in [-0.39, 0.29) is 6.04 Å². The number of aromatic nitrogens is 1. The fourth-order valence-corrected chi connectivity index (χ4v) is 2.10. The Bertz CT molecular complexity index is 573. The molecule has 1 heterocycles. The van der Waals surface area contributed by atoms with Crippen LogP contribution in [0, 0.1) is 13.8 Å². The lowest BCUT2D eigenvalue weighted by molar-refractivity contribution is 0.879. The van der Waals surface area contributed by atoms with Gasteiger partial charge in [-0.1, -0.05) is 18.2 Å². The lowest BCUT2D eigenvalue weighted by atomic mass is 10.0. The fourth-order valence-electron chi connectivity index (χ4n) is 2.10. The summed E-state index contributed by atoms with van der Waals surface area (Å²) in [5, 5.41) is 3.49. The maximum absolute atomic E-state index is 4.42. The molecule has 1 aromatic heterocycles. The molecule has 20 heavy (non-hydrogen) atoms. The third-order valence-corrected chi connectivity index (χ3v) is 3.62. The Morgan fingerprint density at radius 1 is 1.05 bits per heavy atom. The minimum atomic E-state index is 0.265. The Morgan fingerprint density at radius 3 is 2.35 bits per heavy atom. The van der Waals surface area contributed by atoms with Crippen LogP contribution in [-0.4, -0.2) is 19.1 Å². The van der Waals surface area contributed by atoms with Crippen molar-refractivity contribution in [2.45, 2.75) is 26.8 Å². The van der Waals surface area contributed by atoms with E-state index in [2.05, 4.69) is 55.3 Å². The van der Waals surface area contributed by atoms with E-state index in [1.165, 1.54) is 16.7 Å². The largest absolute Gasteiger partial charge is 0.377 e. The number of anilines is 2. The van der Waals surface area contributed by atoms with Gasteiger partial charge in [0.15, 0.2) is 0 Å². The van der Waals surface area contributed by atoms with Gasteiger partial charge in [0, 0.05) is 20.1 Å². The lowest BCUT2D eigenvalue weighted by Gasteiger charge is -2.18. The summed E-state index contributed by atoms with van der Waals surface area (Å²) in [5.41, 5.74) is 5.00. The molecule has 0 aliphatic heterocycles. The molecular formula is C17H23N3. The third kappa shape index (κ3) is 3.29. The summed E-state index contributed by atoms with van der Waals surface area (Å²) >= 11 is 0. The number of nitrogens with zero attached hydrogens (tertiary/aromatic N) is 2. The predicted molar refractivity (Wildman–Crippen MR) is 86.5 cm³/mol. The van der Waals surface area contributed by atoms with Crippen LogP contribution in [0.4, 0.5) is 11.5 Å². The summed E-state index contributed by atoms with van der Waals surface area (Å²) in [6.45, 7) is 6.46. The first-order valence-electron chi connectivity index (χ1n) is 6.94. The molecule has 1 unspecified atom stereocenters. The number of hydrogen-bond acceptors (Lipinski definition) is 3.